The Morgan fingerprint density at radius 3 is 2.29 bits per heavy atom. The van der Waals surface area contributed by atoms with E-state index in [4.69, 9.17) is 0 Å². The van der Waals surface area contributed by atoms with Gasteiger partial charge in [-0.05, 0) is 45.4 Å². The first kappa shape index (κ1) is 21.9. The van der Waals surface area contributed by atoms with Crippen LogP contribution >= 0.6 is 0 Å². The molecule has 28 heavy (non-hydrogen) atoms. The van der Waals surface area contributed by atoms with E-state index < -0.39 is 15.6 Å². The Kier molecular flexibility index (Phi) is 7.20. The predicted octanol–water partition coefficient (Wildman–Crippen LogP) is 3.86. The summed E-state index contributed by atoms with van der Waals surface area (Å²) in [5.74, 6) is 5.66. The van der Waals surface area contributed by atoms with Gasteiger partial charge in [0.2, 0.25) is 10.0 Å². The Balaban J connectivity index is 2.30. The number of rotatable bonds is 6. The average molecular weight is 398 g/mol. The zero-order chi connectivity index (χ0) is 20.8. The van der Waals surface area contributed by atoms with E-state index in [-0.39, 0.29) is 18.0 Å². The Morgan fingerprint density at radius 1 is 1.11 bits per heavy atom. The Morgan fingerprint density at radius 2 is 1.71 bits per heavy atom. The minimum atomic E-state index is -3.69. The van der Waals surface area contributed by atoms with Gasteiger partial charge in [-0.25, -0.2) is 8.42 Å². The highest BCUT2D eigenvalue weighted by molar-refractivity contribution is 7.89. The largest absolute Gasteiger partial charge is 0.374 e. The standard InChI is InChI=1S/C23H27NO3S/c1-19(2)15-18-24(28(26,27)22-13-11-20(3)12-14-22)17-8-16-23(4,25)21-9-6-5-7-10-21/h5-7,9-15,25H,17-18H2,1-4H3. The molecular weight excluding hydrogens is 370 g/mol. The molecule has 0 spiro atoms. The number of aliphatic hydroxyl groups is 1. The molecule has 0 saturated heterocycles. The molecule has 0 saturated carbocycles. The topological polar surface area (TPSA) is 57.6 Å². The molecule has 0 heterocycles. The summed E-state index contributed by atoms with van der Waals surface area (Å²) in [7, 11) is -3.69. The van der Waals surface area contributed by atoms with Crippen molar-refractivity contribution < 1.29 is 13.5 Å². The SMILES string of the molecule is CC(C)=CCN(CC#CC(C)(O)c1ccccc1)S(=O)(=O)c1ccc(C)cc1. The van der Waals surface area contributed by atoms with E-state index in [2.05, 4.69) is 11.8 Å². The van der Waals surface area contributed by atoms with Crippen LogP contribution in [-0.2, 0) is 15.6 Å². The van der Waals surface area contributed by atoms with Crippen LogP contribution in [0.1, 0.15) is 31.9 Å². The molecule has 0 bridgehead atoms. The lowest BCUT2D eigenvalue weighted by atomic mass is 9.97. The Hall–Kier alpha value is -2.39. The molecule has 0 aliphatic carbocycles. The molecule has 2 aromatic rings. The highest BCUT2D eigenvalue weighted by Gasteiger charge is 2.24. The molecule has 0 amide bonds. The van der Waals surface area contributed by atoms with Gasteiger partial charge in [0, 0.05) is 6.54 Å². The monoisotopic (exact) mass is 397 g/mol. The van der Waals surface area contributed by atoms with E-state index in [1.54, 1.807) is 43.3 Å². The fourth-order valence-corrected chi connectivity index (χ4v) is 3.81. The number of aryl methyl sites for hydroxylation is 1. The molecule has 148 valence electrons. The van der Waals surface area contributed by atoms with Crippen molar-refractivity contribution in [2.45, 2.75) is 38.2 Å². The lowest BCUT2D eigenvalue weighted by Gasteiger charge is -2.20. The lowest BCUT2D eigenvalue weighted by molar-refractivity contribution is 0.122. The minimum Gasteiger partial charge on any atom is -0.374 e. The normalized spacial score (nSPS) is 13.4. The van der Waals surface area contributed by atoms with Gasteiger partial charge in [0.15, 0.2) is 0 Å². The maximum absolute atomic E-state index is 13.0. The second-order valence-electron chi connectivity index (χ2n) is 7.13. The molecule has 0 fully saturated rings. The molecule has 0 radical (unpaired) electrons. The van der Waals surface area contributed by atoms with Crippen molar-refractivity contribution in [2.75, 3.05) is 13.1 Å². The molecule has 2 aromatic carbocycles. The van der Waals surface area contributed by atoms with Crippen LogP contribution in [0.5, 0.6) is 0 Å². The molecule has 0 aliphatic heterocycles. The van der Waals surface area contributed by atoms with Gasteiger partial charge in [-0.3, -0.25) is 0 Å². The van der Waals surface area contributed by atoms with Gasteiger partial charge in [-0.2, -0.15) is 4.31 Å². The summed E-state index contributed by atoms with van der Waals surface area (Å²) in [5, 5.41) is 10.6. The van der Waals surface area contributed by atoms with Gasteiger partial charge < -0.3 is 5.11 Å². The summed E-state index contributed by atoms with van der Waals surface area (Å²) in [6.07, 6.45) is 1.85. The maximum atomic E-state index is 13.0. The number of allylic oxidation sites excluding steroid dienone is 1. The van der Waals surface area contributed by atoms with Crippen LogP contribution in [0.2, 0.25) is 0 Å². The Bertz CT molecular complexity index is 976. The van der Waals surface area contributed by atoms with Crippen molar-refractivity contribution >= 4 is 10.0 Å². The molecular formula is C23H27NO3S. The molecule has 0 aromatic heterocycles. The first-order valence-corrected chi connectivity index (χ1v) is 10.5. The molecule has 2 rings (SSSR count). The summed E-state index contributed by atoms with van der Waals surface area (Å²) < 4.78 is 27.4. The molecule has 1 unspecified atom stereocenters. The van der Waals surface area contributed by atoms with E-state index in [1.807, 2.05) is 45.0 Å². The predicted molar refractivity (Wildman–Crippen MR) is 113 cm³/mol. The fraction of sp³-hybridized carbons (Fsp3) is 0.304. The third kappa shape index (κ3) is 5.80. The zero-order valence-corrected chi connectivity index (χ0v) is 17.6. The number of benzene rings is 2. The van der Waals surface area contributed by atoms with Crippen molar-refractivity contribution in [3.05, 3.63) is 77.4 Å². The zero-order valence-electron chi connectivity index (χ0n) is 16.8. The van der Waals surface area contributed by atoms with Gasteiger partial charge in [0.25, 0.3) is 0 Å². The second kappa shape index (κ2) is 9.20. The summed E-state index contributed by atoms with van der Waals surface area (Å²) in [4.78, 5) is 0.233. The maximum Gasteiger partial charge on any atom is 0.244 e. The first-order valence-electron chi connectivity index (χ1n) is 9.11. The van der Waals surface area contributed by atoms with Crippen LogP contribution in [0.15, 0.2) is 71.1 Å². The molecule has 5 heteroatoms. The van der Waals surface area contributed by atoms with Crippen molar-refractivity contribution in [2.24, 2.45) is 0 Å². The third-order valence-electron chi connectivity index (χ3n) is 4.29. The van der Waals surface area contributed by atoms with Crippen LogP contribution in [-0.4, -0.2) is 30.9 Å². The fourth-order valence-electron chi connectivity index (χ4n) is 2.53. The van der Waals surface area contributed by atoms with Gasteiger partial charge >= 0.3 is 0 Å². The van der Waals surface area contributed by atoms with E-state index >= 15 is 0 Å². The Labute approximate surface area is 168 Å². The van der Waals surface area contributed by atoms with Gasteiger partial charge in [-0.15, -0.1) is 0 Å². The summed E-state index contributed by atoms with van der Waals surface area (Å²) >= 11 is 0. The van der Waals surface area contributed by atoms with Crippen LogP contribution in [0.3, 0.4) is 0 Å². The molecule has 1 N–H and O–H groups in total. The number of hydrogen-bond donors (Lipinski definition) is 1. The van der Waals surface area contributed by atoms with Crippen LogP contribution < -0.4 is 0 Å². The van der Waals surface area contributed by atoms with Gasteiger partial charge in [-0.1, -0.05) is 71.5 Å². The molecule has 0 aliphatic rings. The third-order valence-corrected chi connectivity index (χ3v) is 6.11. The van der Waals surface area contributed by atoms with Crippen molar-refractivity contribution in [1.29, 1.82) is 0 Å². The highest BCUT2D eigenvalue weighted by atomic mass is 32.2. The van der Waals surface area contributed by atoms with Crippen molar-refractivity contribution in [1.82, 2.24) is 4.31 Å². The van der Waals surface area contributed by atoms with Crippen LogP contribution in [0.4, 0.5) is 0 Å². The van der Waals surface area contributed by atoms with Crippen molar-refractivity contribution in [3.8, 4) is 11.8 Å². The van der Waals surface area contributed by atoms with E-state index in [1.165, 1.54) is 4.31 Å². The molecule has 4 nitrogen and oxygen atoms in total. The van der Waals surface area contributed by atoms with Gasteiger partial charge in [0.1, 0.15) is 5.60 Å². The van der Waals surface area contributed by atoms with E-state index in [0.29, 0.717) is 5.56 Å². The number of sulfonamides is 1. The first-order chi connectivity index (χ1) is 13.1. The summed E-state index contributed by atoms with van der Waals surface area (Å²) in [6, 6.07) is 15.9. The minimum absolute atomic E-state index is 0.0109. The van der Waals surface area contributed by atoms with E-state index in [0.717, 1.165) is 11.1 Å². The quantitative estimate of drug-likeness (QED) is 0.595. The van der Waals surface area contributed by atoms with Gasteiger partial charge in [0.05, 0.1) is 11.4 Å². The second-order valence-corrected chi connectivity index (χ2v) is 9.07. The smallest absolute Gasteiger partial charge is 0.244 e. The number of nitrogens with zero attached hydrogens (tertiary/aromatic N) is 1. The molecule has 1 atom stereocenters. The average Bonchev–Trinajstić information content (AvgIpc) is 2.65. The summed E-state index contributed by atoms with van der Waals surface area (Å²) in [5.41, 5.74) is 1.33. The highest BCUT2D eigenvalue weighted by Crippen LogP contribution is 2.19. The van der Waals surface area contributed by atoms with Crippen molar-refractivity contribution in [3.63, 3.8) is 0 Å². The lowest BCUT2D eigenvalue weighted by Crippen LogP contribution is -2.32. The van der Waals surface area contributed by atoms with Crippen LogP contribution in [0, 0.1) is 18.8 Å². The van der Waals surface area contributed by atoms with Crippen LogP contribution in [0.25, 0.3) is 0 Å². The van der Waals surface area contributed by atoms with E-state index in [9.17, 15) is 13.5 Å². The number of hydrogen-bond acceptors (Lipinski definition) is 3. The summed E-state index contributed by atoms with van der Waals surface area (Å²) in [6.45, 7) is 7.56.